The Hall–Kier alpha value is -2.53. The van der Waals surface area contributed by atoms with Crippen LogP contribution in [0.4, 0.5) is 5.82 Å². The Morgan fingerprint density at radius 2 is 1.52 bits per heavy atom. The van der Waals surface area contributed by atoms with Gasteiger partial charge in [-0.15, -0.1) is 0 Å². The van der Waals surface area contributed by atoms with E-state index in [0.29, 0.717) is 34.9 Å². The van der Waals surface area contributed by atoms with Crippen LogP contribution < -0.4 is 5.73 Å². The number of imidazole rings is 1. The third kappa shape index (κ3) is 4.08. The van der Waals surface area contributed by atoms with Crippen molar-refractivity contribution in [2.45, 2.75) is 57.8 Å². The fourth-order valence-corrected chi connectivity index (χ4v) is 4.16. The topological polar surface area (TPSA) is 69.6 Å². The molecule has 2 aliphatic carbocycles. The fourth-order valence-electron chi connectivity index (χ4n) is 4.16. The number of anilines is 1. The van der Waals surface area contributed by atoms with E-state index in [4.69, 9.17) is 5.73 Å². The molecule has 2 saturated carbocycles. The summed E-state index contributed by atoms with van der Waals surface area (Å²) in [5, 5.41) is 0. The number of hydrogen-bond donors (Lipinski definition) is 1. The highest BCUT2D eigenvalue weighted by atomic mass is 15.1. The zero-order valence-corrected chi connectivity index (χ0v) is 16.0. The van der Waals surface area contributed by atoms with Gasteiger partial charge < -0.3 is 10.3 Å². The normalized spacial score (nSPS) is 23.3. The Balaban J connectivity index is 1.37. The van der Waals surface area contributed by atoms with Gasteiger partial charge in [0.05, 0.1) is 0 Å². The van der Waals surface area contributed by atoms with Gasteiger partial charge in [0.25, 0.3) is 0 Å². The van der Waals surface area contributed by atoms with Crippen LogP contribution in [-0.2, 0) is 7.05 Å². The predicted octanol–water partition coefficient (Wildman–Crippen LogP) is 3.69. The summed E-state index contributed by atoms with van der Waals surface area (Å²) < 4.78 is 1.89. The first-order valence-corrected chi connectivity index (χ1v) is 10.2. The number of rotatable bonds is 0. The molecule has 2 heterocycles. The first kappa shape index (κ1) is 17.9. The molecule has 5 heteroatoms. The van der Waals surface area contributed by atoms with E-state index >= 15 is 0 Å². The Morgan fingerprint density at radius 1 is 0.889 bits per heavy atom. The zero-order valence-electron chi connectivity index (χ0n) is 16.0. The van der Waals surface area contributed by atoms with E-state index in [2.05, 4.69) is 38.6 Å². The molecule has 0 saturated heterocycles. The molecule has 2 aromatic heterocycles. The molecule has 0 atom stereocenters. The quantitative estimate of drug-likeness (QED) is 0.727. The van der Waals surface area contributed by atoms with Crippen molar-refractivity contribution >= 4 is 17.0 Å². The van der Waals surface area contributed by atoms with Crippen molar-refractivity contribution in [1.82, 2.24) is 19.5 Å². The SMILES string of the molecule is Cn1c(C#C[C@H]2CC[C@@H](C#CC3CCCCC3)CC2)nc2c(N)ncnc21. The van der Waals surface area contributed by atoms with Crippen LogP contribution in [0.25, 0.3) is 11.2 Å². The molecule has 2 aliphatic rings. The summed E-state index contributed by atoms with van der Waals surface area (Å²) in [6, 6.07) is 0. The van der Waals surface area contributed by atoms with E-state index in [0.717, 1.165) is 18.5 Å². The number of fused-ring (bicyclic) bond motifs is 1. The maximum absolute atomic E-state index is 5.89. The minimum Gasteiger partial charge on any atom is -0.382 e. The molecule has 0 amide bonds. The van der Waals surface area contributed by atoms with Crippen LogP contribution in [0.1, 0.15) is 63.6 Å². The van der Waals surface area contributed by atoms with Crippen LogP contribution in [0.5, 0.6) is 0 Å². The number of nitrogen functional groups attached to an aromatic ring is 1. The smallest absolute Gasteiger partial charge is 0.187 e. The number of aryl methyl sites for hydroxylation is 1. The lowest BCUT2D eigenvalue weighted by molar-refractivity contribution is 0.371. The molecular weight excluding hydrogens is 334 g/mol. The molecule has 27 heavy (non-hydrogen) atoms. The lowest BCUT2D eigenvalue weighted by atomic mass is 9.82. The minimum atomic E-state index is 0.403. The second-order valence-electron chi connectivity index (χ2n) is 7.87. The summed E-state index contributed by atoms with van der Waals surface area (Å²) in [4.78, 5) is 12.8. The molecule has 0 aliphatic heterocycles. The Bertz CT molecular complexity index is 922. The fraction of sp³-hybridized carbons (Fsp3) is 0.591. The van der Waals surface area contributed by atoms with E-state index < -0.39 is 0 Å². The molecule has 4 rings (SSSR count). The highest BCUT2D eigenvalue weighted by Gasteiger charge is 2.19. The number of nitrogens with zero attached hydrogens (tertiary/aromatic N) is 4. The van der Waals surface area contributed by atoms with Crippen molar-refractivity contribution in [2.24, 2.45) is 24.8 Å². The summed E-state index contributed by atoms with van der Waals surface area (Å²) >= 11 is 0. The first-order valence-electron chi connectivity index (χ1n) is 10.2. The van der Waals surface area contributed by atoms with Crippen LogP contribution in [0.15, 0.2) is 6.33 Å². The summed E-state index contributed by atoms with van der Waals surface area (Å²) in [6.45, 7) is 0. The Labute approximate surface area is 161 Å². The van der Waals surface area contributed by atoms with Gasteiger partial charge in [-0.25, -0.2) is 15.0 Å². The van der Waals surface area contributed by atoms with Crippen molar-refractivity contribution in [1.29, 1.82) is 0 Å². The van der Waals surface area contributed by atoms with Gasteiger partial charge in [0, 0.05) is 24.8 Å². The Morgan fingerprint density at radius 3 is 2.19 bits per heavy atom. The molecule has 0 radical (unpaired) electrons. The van der Waals surface area contributed by atoms with Crippen LogP contribution in [0.2, 0.25) is 0 Å². The lowest BCUT2D eigenvalue weighted by Gasteiger charge is -2.22. The largest absolute Gasteiger partial charge is 0.382 e. The molecule has 140 valence electrons. The van der Waals surface area contributed by atoms with Crippen LogP contribution in [0, 0.1) is 41.4 Å². The second-order valence-corrected chi connectivity index (χ2v) is 7.87. The molecule has 2 aromatic rings. The van der Waals surface area contributed by atoms with Gasteiger partial charge in [0.15, 0.2) is 22.8 Å². The van der Waals surface area contributed by atoms with E-state index in [9.17, 15) is 0 Å². The lowest BCUT2D eigenvalue weighted by Crippen LogP contribution is -2.12. The van der Waals surface area contributed by atoms with Gasteiger partial charge >= 0.3 is 0 Å². The standard InChI is InChI=1S/C22H27N5/c1-27-19(26-20-21(23)24-15-25-22(20)27)14-13-18-11-9-17(10-12-18)8-7-16-5-3-2-4-6-16/h15-18H,2-6,9-12H2,1H3,(H2,23,24,25)/t17-,18+. The van der Waals surface area contributed by atoms with Crippen LogP contribution in [-0.4, -0.2) is 19.5 Å². The highest BCUT2D eigenvalue weighted by Crippen LogP contribution is 2.29. The maximum atomic E-state index is 5.89. The van der Waals surface area contributed by atoms with Crippen LogP contribution in [0.3, 0.4) is 0 Å². The molecule has 0 bridgehead atoms. The van der Waals surface area contributed by atoms with E-state index in [1.807, 2.05) is 11.6 Å². The van der Waals surface area contributed by atoms with Gasteiger partial charge in [-0.2, -0.15) is 0 Å². The van der Waals surface area contributed by atoms with E-state index in [1.165, 1.54) is 51.3 Å². The van der Waals surface area contributed by atoms with Crippen molar-refractivity contribution in [2.75, 3.05) is 5.73 Å². The monoisotopic (exact) mass is 361 g/mol. The Kier molecular flexibility index (Phi) is 5.30. The number of aromatic nitrogens is 4. The van der Waals surface area contributed by atoms with Gasteiger partial charge in [0.1, 0.15) is 6.33 Å². The van der Waals surface area contributed by atoms with E-state index in [1.54, 1.807) is 0 Å². The molecule has 0 unspecified atom stereocenters. The van der Waals surface area contributed by atoms with Crippen LogP contribution >= 0.6 is 0 Å². The molecule has 2 fully saturated rings. The molecule has 2 N–H and O–H groups in total. The van der Waals surface area contributed by atoms with Crippen molar-refractivity contribution in [3.8, 4) is 23.7 Å². The van der Waals surface area contributed by atoms with Crippen molar-refractivity contribution in [3.63, 3.8) is 0 Å². The summed E-state index contributed by atoms with van der Waals surface area (Å²) in [5.41, 5.74) is 7.25. The average Bonchev–Trinajstić information content (AvgIpc) is 3.04. The van der Waals surface area contributed by atoms with Gasteiger partial charge in [-0.05, 0) is 44.4 Å². The molecule has 0 spiro atoms. The van der Waals surface area contributed by atoms with Crippen molar-refractivity contribution in [3.05, 3.63) is 12.2 Å². The molecule has 0 aromatic carbocycles. The first-order chi connectivity index (χ1) is 13.2. The third-order valence-corrected chi connectivity index (χ3v) is 5.90. The van der Waals surface area contributed by atoms with Crippen molar-refractivity contribution < 1.29 is 0 Å². The minimum absolute atomic E-state index is 0.403. The maximum Gasteiger partial charge on any atom is 0.187 e. The average molecular weight is 361 g/mol. The highest BCUT2D eigenvalue weighted by molar-refractivity contribution is 5.82. The van der Waals surface area contributed by atoms with Gasteiger partial charge in [-0.3, -0.25) is 0 Å². The second kappa shape index (κ2) is 8.01. The zero-order chi connectivity index (χ0) is 18.6. The third-order valence-electron chi connectivity index (χ3n) is 5.90. The van der Waals surface area contributed by atoms with Gasteiger partial charge in [-0.1, -0.05) is 37.0 Å². The van der Waals surface area contributed by atoms with E-state index in [-0.39, 0.29) is 0 Å². The van der Waals surface area contributed by atoms with Gasteiger partial charge in [0.2, 0.25) is 0 Å². The number of nitrogens with two attached hydrogens (primary N) is 1. The summed E-state index contributed by atoms with van der Waals surface area (Å²) in [7, 11) is 1.92. The molecule has 5 nitrogen and oxygen atoms in total. The summed E-state index contributed by atoms with van der Waals surface area (Å²) in [5.74, 6) is 16.6. The number of hydrogen-bond acceptors (Lipinski definition) is 4. The summed E-state index contributed by atoms with van der Waals surface area (Å²) in [6.07, 6.45) is 12.8. The molecular formula is C22H27N5. The predicted molar refractivity (Wildman–Crippen MR) is 107 cm³/mol.